The molecule has 53 heavy (non-hydrogen) atoms. The second kappa shape index (κ2) is 15.7. The number of aryl methyl sites for hydroxylation is 1. The fourth-order valence-electron chi connectivity index (χ4n) is 5.93. The fourth-order valence-corrected chi connectivity index (χ4v) is 10.1. The van der Waals surface area contributed by atoms with Crippen LogP contribution in [0.3, 0.4) is 0 Å². The van der Waals surface area contributed by atoms with Crippen LogP contribution in [0.5, 0.6) is 0 Å². The molecule has 5 aromatic rings. The van der Waals surface area contributed by atoms with Crippen molar-refractivity contribution in [3.8, 4) is 11.3 Å². The lowest BCUT2D eigenvalue weighted by Crippen LogP contribution is -2.39. The number of fused-ring (bicyclic) bond motifs is 2. The maximum atomic E-state index is 13.6. The average Bonchev–Trinajstić information content (AvgIpc) is 3.82. The van der Waals surface area contributed by atoms with Crippen molar-refractivity contribution in [1.29, 1.82) is 0 Å². The molecular formula is C35H35N4O9S5-. The number of thiazole rings is 2. The first-order chi connectivity index (χ1) is 25.1. The minimum absolute atomic E-state index is 0.0890. The number of carbonyl (C=O) groups excluding carboxylic acids is 1. The van der Waals surface area contributed by atoms with Gasteiger partial charge in [0.2, 0.25) is 5.91 Å². The molecule has 3 aromatic heterocycles. The molecule has 280 valence electrons. The molecule has 13 nitrogen and oxygen atoms in total. The van der Waals surface area contributed by atoms with Crippen molar-refractivity contribution >= 4 is 95.1 Å². The fraction of sp³-hybridized carbons (Fsp3) is 0.286. The Kier molecular flexibility index (Phi) is 11.5. The SMILES string of the molecule is CCn1c(=Cc2scc(C)[n+]2CCCS(=O)(=O)[O-])sc(=CC=C2Sc3ccc(-c4cc5cc(NC(C)=O)ccc5o4)cc3N2CCCS(=O)(=O)[O-])c1=O. The quantitative estimate of drug-likeness (QED) is 0.134. The van der Waals surface area contributed by atoms with E-state index in [2.05, 4.69) is 5.32 Å². The van der Waals surface area contributed by atoms with Gasteiger partial charge in [0, 0.05) is 66.4 Å². The first kappa shape index (κ1) is 38.7. The van der Waals surface area contributed by atoms with Gasteiger partial charge in [-0.2, -0.15) is 4.57 Å². The van der Waals surface area contributed by atoms with Crippen molar-refractivity contribution in [2.24, 2.45) is 0 Å². The lowest BCUT2D eigenvalue weighted by molar-refractivity contribution is -0.699. The van der Waals surface area contributed by atoms with Gasteiger partial charge in [-0.25, -0.2) is 16.8 Å². The number of nitrogens with zero attached hydrogens (tertiary/aromatic N) is 3. The molecule has 18 heteroatoms. The predicted octanol–water partition coefficient (Wildman–Crippen LogP) is 3.89. The van der Waals surface area contributed by atoms with Crippen LogP contribution >= 0.6 is 34.4 Å². The summed E-state index contributed by atoms with van der Waals surface area (Å²) in [6.45, 7) is 6.20. The molecule has 6 rings (SSSR count). The third-order valence-corrected chi connectivity index (χ3v) is 13.1. The van der Waals surface area contributed by atoms with Gasteiger partial charge in [0.05, 0.1) is 46.9 Å². The molecule has 1 aliphatic rings. The number of hydrogen-bond donors (Lipinski definition) is 1. The van der Waals surface area contributed by atoms with E-state index in [9.17, 15) is 35.5 Å². The zero-order valence-electron chi connectivity index (χ0n) is 28.9. The van der Waals surface area contributed by atoms with Crippen LogP contribution in [0.1, 0.15) is 37.4 Å². The lowest BCUT2D eigenvalue weighted by atomic mass is 10.1. The molecule has 0 bridgehead atoms. The highest BCUT2D eigenvalue weighted by molar-refractivity contribution is 8.03. The van der Waals surface area contributed by atoms with Gasteiger partial charge >= 0.3 is 0 Å². The smallest absolute Gasteiger partial charge is 0.269 e. The van der Waals surface area contributed by atoms with Crippen LogP contribution in [0.15, 0.2) is 73.1 Å². The van der Waals surface area contributed by atoms with E-state index in [-0.39, 0.29) is 30.9 Å². The number of amides is 1. The summed E-state index contributed by atoms with van der Waals surface area (Å²) < 4.78 is 78.8. The molecule has 0 atom stereocenters. The summed E-state index contributed by atoms with van der Waals surface area (Å²) in [7, 11) is -8.76. The number of allylic oxidation sites excluding steroid dienone is 1. The molecule has 0 spiro atoms. The Labute approximate surface area is 318 Å². The van der Waals surface area contributed by atoms with Gasteiger partial charge in [0.15, 0.2) is 12.2 Å². The first-order valence-electron chi connectivity index (χ1n) is 16.5. The van der Waals surface area contributed by atoms with Crippen LogP contribution in [-0.2, 0) is 38.1 Å². The maximum Gasteiger partial charge on any atom is 0.269 e. The van der Waals surface area contributed by atoms with Crippen molar-refractivity contribution in [2.45, 2.75) is 51.6 Å². The second-order valence-corrected chi connectivity index (χ2v) is 18.3. The summed E-state index contributed by atoms with van der Waals surface area (Å²) >= 11 is 4.22. The molecular weight excluding hydrogens is 781 g/mol. The van der Waals surface area contributed by atoms with E-state index in [0.29, 0.717) is 39.3 Å². The summed E-state index contributed by atoms with van der Waals surface area (Å²) in [6.07, 6.45) is 5.70. The van der Waals surface area contributed by atoms with E-state index in [0.717, 1.165) is 37.3 Å². The number of hydrogen-bond acceptors (Lipinski definition) is 13. The number of nitrogens with one attached hydrogen (secondary N) is 1. The predicted molar refractivity (Wildman–Crippen MR) is 206 cm³/mol. The van der Waals surface area contributed by atoms with Gasteiger partial charge in [-0.3, -0.25) is 14.2 Å². The standard InChI is InChI=1S/C35H36N4O9S5/c1-4-37-34(20-33-38(22(2)21-49-33)13-5-15-52(42,43)44)51-31(35(37)41)11-12-32-39(14-6-16-53(45,46)47)27-18-24(7-10-30(27)50-32)29-19-25-17-26(36-23(3)40)8-9-28(25)48-29/h7-12,17-21H,4-6,13-16H2,1-3H3,(H2-,36,40,42,43,44,45,46,47)/p-1. The van der Waals surface area contributed by atoms with Gasteiger partial charge in [-0.15, -0.1) is 11.3 Å². The molecule has 0 radical (unpaired) electrons. The summed E-state index contributed by atoms with van der Waals surface area (Å²) in [5.74, 6) is -0.576. The van der Waals surface area contributed by atoms with E-state index >= 15 is 0 Å². The third kappa shape index (κ3) is 9.37. The summed E-state index contributed by atoms with van der Waals surface area (Å²) in [5, 5.41) is 7.06. The number of carbonyl (C=O) groups is 1. The molecule has 1 amide bonds. The number of benzene rings is 2. The maximum absolute atomic E-state index is 13.6. The Morgan fingerprint density at radius 1 is 1.02 bits per heavy atom. The van der Waals surface area contributed by atoms with Crippen LogP contribution in [0.4, 0.5) is 11.4 Å². The number of anilines is 2. The highest BCUT2D eigenvalue weighted by Gasteiger charge is 2.26. The number of rotatable bonds is 13. The van der Waals surface area contributed by atoms with Crippen LogP contribution < -0.4 is 29.5 Å². The van der Waals surface area contributed by atoms with Gasteiger partial charge in [0.25, 0.3) is 10.6 Å². The zero-order valence-corrected chi connectivity index (χ0v) is 32.9. The monoisotopic (exact) mass is 815 g/mol. The van der Waals surface area contributed by atoms with Gasteiger partial charge in [-0.1, -0.05) is 23.1 Å². The largest absolute Gasteiger partial charge is 0.748 e. The van der Waals surface area contributed by atoms with E-state index in [1.54, 1.807) is 22.8 Å². The molecule has 1 aliphatic heterocycles. The normalized spacial score (nSPS) is 14.9. The highest BCUT2D eigenvalue weighted by Crippen LogP contribution is 2.48. The van der Waals surface area contributed by atoms with Crippen LogP contribution in [0.25, 0.3) is 34.4 Å². The van der Waals surface area contributed by atoms with Crippen molar-refractivity contribution in [3.05, 3.63) is 89.2 Å². The minimum Gasteiger partial charge on any atom is -0.748 e. The first-order valence-corrected chi connectivity index (χ1v) is 22.1. The number of furan rings is 1. The average molecular weight is 816 g/mol. The Morgan fingerprint density at radius 3 is 2.49 bits per heavy atom. The van der Waals surface area contributed by atoms with Crippen molar-refractivity contribution < 1.29 is 39.7 Å². The van der Waals surface area contributed by atoms with Gasteiger partial charge in [0.1, 0.15) is 16.0 Å². The molecule has 0 saturated heterocycles. The Hall–Kier alpha value is -4.04. The molecule has 4 heterocycles. The molecule has 0 aliphatic carbocycles. The van der Waals surface area contributed by atoms with Crippen LogP contribution in [0.2, 0.25) is 0 Å². The van der Waals surface area contributed by atoms with Crippen LogP contribution in [-0.4, -0.2) is 54.5 Å². The summed E-state index contributed by atoms with van der Waals surface area (Å²) in [4.78, 5) is 27.9. The molecule has 1 N–H and O–H groups in total. The second-order valence-electron chi connectivity index (χ2n) is 12.2. The number of thioether (sulfide) groups is 1. The van der Waals surface area contributed by atoms with Gasteiger partial charge < -0.3 is 23.7 Å². The molecule has 0 saturated carbocycles. The molecule has 0 unspecified atom stereocenters. The molecule has 2 aromatic carbocycles. The van der Waals surface area contributed by atoms with E-state index < -0.39 is 31.7 Å². The lowest BCUT2D eigenvalue weighted by Gasteiger charge is -2.21. The van der Waals surface area contributed by atoms with Gasteiger partial charge in [-0.05, 0) is 68.0 Å². The topological polar surface area (TPSA) is 186 Å². The van der Waals surface area contributed by atoms with Crippen LogP contribution in [0, 0.1) is 6.92 Å². The Balaban J connectivity index is 1.34. The zero-order chi connectivity index (χ0) is 38.1. The summed E-state index contributed by atoms with van der Waals surface area (Å²) in [6, 6.07) is 13.0. The van der Waals surface area contributed by atoms with E-state index in [1.165, 1.54) is 41.4 Å². The summed E-state index contributed by atoms with van der Waals surface area (Å²) in [5.41, 5.74) is 3.57. The highest BCUT2D eigenvalue weighted by atomic mass is 32.2. The van der Waals surface area contributed by atoms with E-state index in [4.69, 9.17) is 4.42 Å². The minimum atomic E-state index is -4.43. The molecule has 0 fully saturated rings. The van der Waals surface area contributed by atoms with Crippen molar-refractivity contribution in [2.75, 3.05) is 28.3 Å². The van der Waals surface area contributed by atoms with Crippen molar-refractivity contribution in [3.63, 3.8) is 0 Å². The Morgan fingerprint density at radius 2 is 1.77 bits per heavy atom. The van der Waals surface area contributed by atoms with Crippen molar-refractivity contribution in [1.82, 2.24) is 4.57 Å². The van der Waals surface area contributed by atoms with E-state index in [1.807, 2.05) is 71.2 Å². The number of aromatic nitrogens is 2. The third-order valence-electron chi connectivity index (χ3n) is 8.32. The Bertz CT molecular complexity index is 2650.